The molecule has 0 N–H and O–H groups in total. The molecule has 0 radical (unpaired) electrons. The molecular formula is C11H11ClIN. The van der Waals surface area contributed by atoms with Gasteiger partial charge >= 0.3 is 0 Å². The molecule has 0 atom stereocenters. The standard InChI is InChI=1S/C11H11ClIN/c12-8-1-2-10(9(13)5-8)14-6-11(7-14)3-4-11/h1-2,5H,3-4,6-7H2. The second-order valence-electron chi connectivity index (χ2n) is 4.45. The van der Waals surface area contributed by atoms with E-state index in [0.29, 0.717) is 0 Å². The van der Waals surface area contributed by atoms with Crippen LogP contribution >= 0.6 is 34.2 Å². The number of nitrogens with zero attached hydrogens (tertiary/aromatic N) is 1. The minimum absolute atomic E-state index is 0.725. The minimum atomic E-state index is 0.725. The number of hydrogen-bond donors (Lipinski definition) is 0. The van der Waals surface area contributed by atoms with Crippen LogP contribution in [0.2, 0.25) is 5.02 Å². The summed E-state index contributed by atoms with van der Waals surface area (Å²) in [4.78, 5) is 2.46. The smallest absolute Gasteiger partial charge is 0.0503 e. The van der Waals surface area contributed by atoms with Crippen molar-refractivity contribution in [3.8, 4) is 0 Å². The molecule has 14 heavy (non-hydrogen) atoms. The molecule has 1 nitrogen and oxygen atoms in total. The number of benzene rings is 1. The van der Waals surface area contributed by atoms with Gasteiger partial charge in [0.25, 0.3) is 0 Å². The normalized spacial score (nSPS) is 22.3. The van der Waals surface area contributed by atoms with Crippen molar-refractivity contribution in [2.24, 2.45) is 5.41 Å². The zero-order valence-corrected chi connectivity index (χ0v) is 10.7. The highest BCUT2D eigenvalue weighted by Gasteiger charge is 2.52. The maximum absolute atomic E-state index is 5.93. The first-order valence-corrected chi connectivity index (χ1v) is 6.34. The fraction of sp³-hybridized carbons (Fsp3) is 0.455. The van der Waals surface area contributed by atoms with Crippen LogP contribution < -0.4 is 4.90 Å². The summed E-state index contributed by atoms with van der Waals surface area (Å²) in [6.45, 7) is 2.51. The van der Waals surface area contributed by atoms with Gasteiger partial charge < -0.3 is 4.90 Å². The zero-order valence-electron chi connectivity index (χ0n) is 7.76. The molecule has 1 aromatic carbocycles. The summed E-state index contributed by atoms with van der Waals surface area (Å²) in [6, 6.07) is 6.16. The van der Waals surface area contributed by atoms with Crippen molar-refractivity contribution in [1.82, 2.24) is 0 Å². The lowest BCUT2D eigenvalue weighted by Crippen LogP contribution is -2.48. The molecule has 3 heteroatoms. The molecule has 1 saturated heterocycles. The van der Waals surface area contributed by atoms with Crippen LogP contribution in [0.5, 0.6) is 0 Å². The Kier molecular flexibility index (Phi) is 2.00. The maximum atomic E-state index is 5.93. The van der Waals surface area contributed by atoms with Gasteiger partial charge in [0, 0.05) is 27.1 Å². The van der Waals surface area contributed by atoms with Crippen LogP contribution in [0.4, 0.5) is 5.69 Å². The van der Waals surface area contributed by atoms with E-state index in [1.54, 1.807) is 0 Å². The van der Waals surface area contributed by atoms with E-state index in [9.17, 15) is 0 Å². The summed E-state index contributed by atoms with van der Waals surface area (Å²) in [6.07, 6.45) is 2.88. The van der Waals surface area contributed by atoms with Crippen molar-refractivity contribution in [2.45, 2.75) is 12.8 Å². The van der Waals surface area contributed by atoms with Crippen LogP contribution in [0.1, 0.15) is 12.8 Å². The van der Waals surface area contributed by atoms with E-state index >= 15 is 0 Å². The van der Waals surface area contributed by atoms with Gasteiger partial charge in [0.15, 0.2) is 0 Å². The number of anilines is 1. The molecule has 1 heterocycles. The summed E-state index contributed by atoms with van der Waals surface area (Å²) >= 11 is 8.29. The maximum Gasteiger partial charge on any atom is 0.0503 e. The topological polar surface area (TPSA) is 3.24 Å². The molecule has 2 fully saturated rings. The minimum Gasteiger partial charge on any atom is -0.369 e. The third kappa shape index (κ3) is 1.43. The van der Waals surface area contributed by atoms with Crippen molar-refractivity contribution in [3.05, 3.63) is 26.8 Å². The molecule has 1 aliphatic carbocycles. The Labute approximate surface area is 103 Å². The van der Waals surface area contributed by atoms with Gasteiger partial charge in [-0.25, -0.2) is 0 Å². The molecule has 0 bridgehead atoms. The average Bonchev–Trinajstić information content (AvgIpc) is 2.81. The summed E-state index contributed by atoms with van der Waals surface area (Å²) < 4.78 is 1.27. The van der Waals surface area contributed by atoms with Crippen LogP contribution in [-0.2, 0) is 0 Å². The molecule has 2 aliphatic rings. The second kappa shape index (κ2) is 3.01. The van der Waals surface area contributed by atoms with Crippen LogP contribution in [0.3, 0.4) is 0 Å². The molecule has 1 spiro atoms. The zero-order chi connectivity index (χ0) is 9.76. The molecular weight excluding hydrogens is 308 g/mol. The van der Waals surface area contributed by atoms with E-state index in [1.807, 2.05) is 12.1 Å². The molecule has 0 aromatic heterocycles. The Morgan fingerprint density at radius 3 is 2.57 bits per heavy atom. The molecule has 3 rings (SSSR count). The van der Waals surface area contributed by atoms with Crippen molar-refractivity contribution in [1.29, 1.82) is 0 Å². The number of rotatable bonds is 1. The first-order chi connectivity index (χ1) is 6.69. The van der Waals surface area contributed by atoms with E-state index in [2.05, 4.69) is 33.6 Å². The van der Waals surface area contributed by atoms with Crippen LogP contribution in [0, 0.1) is 8.99 Å². The van der Waals surface area contributed by atoms with Gasteiger partial charge in [-0.2, -0.15) is 0 Å². The SMILES string of the molecule is Clc1ccc(N2CC3(CC3)C2)c(I)c1. The highest BCUT2D eigenvalue weighted by Crippen LogP contribution is 2.54. The third-order valence-electron chi connectivity index (χ3n) is 3.26. The first-order valence-electron chi connectivity index (χ1n) is 4.89. The van der Waals surface area contributed by atoms with Gasteiger partial charge in [0.2, 0.25) is 0 Å². The van der Waals surface area contributed by atoms with Gasteiger partial charge in [-0.1, -0.05) is 11.6 Å². The third-order valence-corrected chi connectivity index (χ3v) is 4.36. The van der Waals surface area contributed by atoms with Crippen LogP contribution in [-0.4, -0.2) is 13.1 Å². The van der Waals surface area contributed by atoms with E-state index in [4.69, 9.17) is 11.6 Å². The molecule has 1 saturated carbocycles. The Morgan fingerprint density at radius 1 is 1.29 bits per heavy atom. The summed E-state index contributed by atoms with van der Waals surface area (Å²) in [5.41, 5.74) is 2.08. The number of hydrogen-bond acceptors (Lipinski definition) is 1. The molecule has 0 amide bonds. The van der Waals surface area contributed by atoms with Gasteiger partial charge in [-0.05, 0) is 53.6 Å². The van der Waals surface area contributed by atoms with Crippen LogP contribution in [0.15, 0.2) is 18.2 Å². The Bertz CT molecular complexity index is 379. The average molecular weight is 320 g/mol. The Balaban J connectivity index is 1.83. The molecule has 1 aliphatic heterocycles. The second-order valence-corrected chi connectivity index (χ2v) is 6.05. The predicted molar refractivity (Wildman–Crippen MR) is 68.0 cm³/mol. The lowest BCUT2D eigenvalue weighted by molar-refractivity contribution is 0.387. The summed E-state index contributed by atoms with van der Waals surface area (Å²) in [7, 11) is 0. The molecule has 0 unspecified atom stereocenters. The van der Waals surface area contributed by atoms with Gasteiger partial charge in [0.1, 0.15) is 0 Å². The monoisotopic (exact) mass is 319 g/mol. The van der Waals surface area contributed by atoms with Crippen molar-refractivity contribution < 1.29 is 0 Å². The molecule has 1 aromatic rings. The van der Waals surface area contributed by atoms with Crippen molar-refractivity contribution in [2.75, 3.05) is 18.0 Å². The van der Waals surface area contributed by atoms with E-state index in [0.717, 1.165) is 10.4 Å². The Hall–Kier alpha value is 0.0400. The van der Waals surface area contributed by atoms with Gasteiger partial charge in [-0.15, -0.1) is 0 Å². The summed E-state index contributed by atoms with van der Waals surface area (Å²) in [5, 5.41) is 0.833. The van der Waals surface area contributed by atoms with E-state index in [-0.39, 0.29) is 0 Å². The number of halogens is 2. The largest absolute Gasteiger partial charge is 0.369 e. The highest BCUT2D eigenvalue weighted by molar-refractivity contribution is 14.1. The quantitative estimate of drug-likeness (QED) is 0.716. The van der Waals surface area contributed by atoms with E-state index in [1.165, 1.54) is 35.2 Å². The molecule has 74 valence electrons. The predicted octanol–water partition coefficient (Wildman–Crippen LogP) is 3.54. The fourth-order valence-electron chi connectivity index (χ4n) is 2.16. The lowest BCUT2D eigenvalue weighted by Gasteiger charge is -2.42. The first kappa shape index (κ1) is 9.28. The Morgan fingerprint density at radius 2 is 2.00 bits per heavy atom. The van der Waals surface area contributed by atoms with E-state index < -0.39 is 0 Å². The lowest BCUT2D eigenvalue weighted by atomic mass is 9.96. The van der Waals surface area contributed by atoms with Crippen molar-refractivity contribution >= 4 is 39.9 Å². The van der Waals surface area contributed by atoms with Gasteiger partial charge in [-0.3, -0.25) is 0 Å². The fourth-order valence-corrected chi connectivity index (χ4v) is 3.38. The van der Waals surface area contributed by atoms with Crippen molar-refractivity contribution in [3.63, 3.8) is 0 Å². The highest BCUT2D eigenvalue weighted by atomic mass is 127. The van der Waals surface area contributed by atoms with Gasteiger partial charge in [0.05, 0.1) is 5.69 Å². The van der Waals surface area contributed by atoms with Crippen LogP contribution in [0.25, 0.3) is 0 Å². The summed E-state index contributed by atoms with van der Waals surface area (Å²) in [5.74, 6) is 0.